The van der Waals surface area contributed by atoms with Gasteiger partial charge in [-0.1, -0.05) is 26.0 Å². The molecule has 1 amide bonds. The van der Waals surface area contributed by atoms with Crippen molar-refractivity contribution in [3.05, 3.63) is 29.8 Å². The third-order valence-corrected chi connectivity index (χ3v) is 2.21. The maximum atomic E-state index is 11.3. The van der Waals surface area contributed by atoms with E-state index in [4.69, 9.17) is 5.73 Å². The van der Waals surface area contributed by atoms with Crippen LogP contribution in [0.5, 0.6) is 0 Å². The van der Waals surface area contributed by atoms with E-state index >= 15 is 0 Å². The van der Waals surface area contributed by atoms with Crippen LogP contribution in [0.3, 0.4) is 0 Å². The first-order chi connectivity index (χ1) is 7.13. The summed E-state index contributed by atoms with van der Waals surface area (Å²) in [6.07, 6.45) is 0.367. The van der Waals surface area contributed by atoms with Gasteiger partial charge in [0.05, 0.1) is 0 Å². The number of nitrogens with two attached hydrogens (primary N) is 1. The number of rotatable bonds is 4. The molecule has 1 aromatic rings. The lowest BCUT2D eigenvalue weighted by Crippen LogP contribution is -2.16. The van der Waals surface area contributed by atoms with Gasteiger partial charge in [-0.2, -0.15) is 0 Å². The Bertz CT molecular complexity index is 334. The SMILES string of the molecule is CC(C)c1cccc(NC(=O)CCN)c1. The largest absolute Gasteiger partial charge is 0.330 e. The molecule has 1 aromatic carbocycles. The van der Waals surface area contributed by atoms with Crippen molar-refractivity contribution in [1.82, 2.24) is 0 Å². The van der Waals surface area contributed by atoms with E-state index in [-0.39, 0.29) is 5.91 Å². The quantitative estimate of drug-likeness (QED) is 0.792. The van der Waals surface area contributed by atoms with Crippen LogP contribution in [0.4, 0.5) is 5.69 Å². The maximum absolute atomic E-state index is 11.3. The second-order valence-electron chi connectivity index (χ2n) is 3.87. The van der Waals surface area contributed by atoms with Crippen molar-refractivity contribution in [3.63, 3.8) is 0 Å². The van der Waals surface area contributed by atoms with Crippen molar-refractivity contribution in [2.75, 3.05) is 11.9 Å². The van der Waals surface area contributed by atoms with Crippen molar-refractivity contribution < 1.29 is 4.79 Å². The van der Waals surface area contributed by atoms with Crippen molar-refractivity contribution in [2.45, 2.75) is 26.2 Å². The molecule has 0 aliphatic carbocycles. The van der Waals surface area contributed by atoms with Gasteiger partial charge in [0.25, 0.3) is 0 Å². The summed E-state index contributed by atoms with van der Waals surface area (Å²) in [5, 5.41) is 2.82. The van der Waals surface area contributed by atoms with Crippen LogP contribution in [-0.2, 0) is 4.79 Å². The lowest BCUT2D eigenvalue weighted by Gasteiger charge is -2.09. The molecule has 0 bridgehead atoms. The van der Waals surface area contributed by atoms with Crippen LogP contribution >= 0.6 is 0 Å². The first-order valence-corrected chi connectivity index (χ1v) is 5.23. The summed E-state index contributed by atoms with van der Waals surface area (Å²) in [4.78, 5) is 11.3. The van der Waals surface area contributed by atoms with Crippen molar-refractivity contribution in [1.29, 1.82) is 0 Å². The molecule has 0 fully saturated rings. The van der Waals surface area contributed by atoms with Crippen LogP contribution in [0.1, 0.15) is 31.7 Å². The van der Waals surface area contributed by atoms with Gasteiger partial charge >= 0.3 is 0 Å². The zero-order chi connectivity index (χ0) is 11.3. The average molecular weight is 206 g/mol. The molecule has 15 heavy (non-hydrogen) atoms. The highest BCUT2D eigenvalue weighted by Gasteiger charge is 2.03. The van der Waals surface area contributed by atoms with E-state index in [1.165, 1.54) is 5.56 Å². The van der Waals surface area contributed by atoms with Crippen LogP contribution in [-0.4, -0.2) is 12.5 Å². The zero-order valence-electron chi connectivity index (χ0n) is 9.29. The molecule has 82 valence electrons. The Hall–Kier alpha value is -1.35. The third-order valence-electron chi connectivity index (χ3n) is 2.21. The number of benzene rings is 1. The molecule has 0 saturated carbocycles. The summed E-state index contributed by atoms with van der Waals surface area (Å²) in [5.74, 6) is 0.440. The number of carbonyl (C=O) groups is 1. The number of carbonyl (C=O) groups excluding carboxylic acids is 1. The highest BCUT2D eigenvalue weighted by Crippen LogP contribution is 2.18. The van der Waals surface area contributed by atoms with Crippen molar-refractivity contribution in [3.8, 4) is 0 Å². The van der Waals surface area contributed by atoms with Crippen LogP contribution in [0.15, 0.2) is 24.3 Å². The van der Waals surface area contributed by atoms with Gasteiger partial charge in [0.15, 0.2) is 0 Å². The van der Waals surface area contributed by atoms with Crippen LogP contribution in [0.2, 0.25) is 0 Å². The Kier molecular flexibility index (Phi) is 4.31. The summed E-state index contributed by atoms with van der Waals surface area (Å²) in [5.41, 5.74) is 7.37. The zero-order valence-corrected chi connectivity index (χ0v) is 9.29. The van der Waals surface area contributed by atoms with Gasteiger partial charge in [0.1, 0.15) is 0 Å². The van der Waals surface area contributed by atoms with E-state index in [1.54, 1.807) is 0 Å². The summed E-state index contributed by atoms with van der Waals surface area (Å²) in [7, 11) is 0. The van der Waals surface area contributed by atoms with Gasteiger partial charge in [0.2, 0.25) is 5.91 Å². The van der Waals surface area contributed by atoms with E-state index in [2.05, 4.69) is 25.2 Å². The molecule has 0 saturated heterocycles. The number of anilines is 1. The lowest BCUT2D eigenvalue weighted by atomic mass is 10.0. The molecular formula is C12H18N2O. The number of hydrogen-bond donors (Lipinski definition) is 2. The van der Waals surface area contributed by atoms with Gasteiger partial charge in [0, 0.05) is 18.7 Å². The monoisotopic (exact) mass is 206 g/mol. The predicted molar refractivity (Wildman–Crippen MR) is 62.8 cm³/mol. The summed E-state index contributed by atoms with van der Waals surface area (Å²) in [6.45, 7) is 4.64. The third kappa shape index (κ3) is 3.72. The fourth-order valence-corrected chi connectivity index (χ4v) is 1.33. The van der Waals surface area contributed by atoms with E-state index in [0.717, 1.165) is 5.69 Å². The molecule has 3 heteroatoms. The Balaban J connectivity index is 2.69. The average Bonchev–Trinajstić information content (AvgIpc) is 2.18. The minimum atomic E-state index is -0.0293. The molecule has 0 unspecified atom stereocenters. The number of amides is 1. The van der Waals surface area contributed by atoms with E-state index in [0.29, 0.717) is 18.9 Å². The highest BCUT2D eigenvalue weighted by atomic mass is 16.1. The molecular weight excluding hydrogens is 188 g/mol. The molecule has 1 rings (SSSR count). The second kappa shape index (κ2) is 5.51. The van der Waals surface area contributed by atoms with E-state index in [9.17, 15) is 4.79 Å². The summed E-state index contributed by atoms with van der Waals surface area (Å²) >= 11 is 0. The highest BCUT2D eigenvalue weighted by molar-refractivity contribution is 5.90. The Morgan fingerprint density at radius 1 is 1.47 bits per heavy atom. The summed E-state index contributed by atoms with van der Waals surface area (Å²) < 4.78 is 0. The molecule has 0 radical (unpaired) electrons. The molecule has 0 aliphatic rings. The van der Waals surface area contributed by atoms with Crippen molar-refractivity contribution in [2.24, 2.45) is 5.73 Å². The Labute approximate surface area is 90.7 Å². The minimum absolute atomic E-state index is 0.0293. The first-order valence-electron chi connectivity index (χ1n) is 5.23. The van der Waals surface area contributed by atoms with E-state index in [1.807, 2.05) is 18.2 Å². The lowest BCUT2D eigenvalue weighted by molar-refractivity contribution is -0.116. The topological polar surface area (TPSA) is 55.1 Å². The van der Waals surface area contributed by atoms with Gasteiger partial charge in [-0.15, -0.1) is 0 Å². The van der Waals surface area contributed by atoms with Crippen LogP contribution in [0.25, 0.3) is 0 Å². The summed E-state index contributed by atoms with van der Waals surface area (Å²) in [6, 6.07) is 7.90. The van der Waals surface area contributed by atoms with Gasteiger partial charge in [-0.05, 0) is 23.6 Å². The van der Waals surface area contributed by atoms with Crippen LogP contribution in [0, 0.1) is 0 Å². The van der Waals surface area contributed by atoms with Gasteiger partial charge in [-0.3, -0.25) is 4.79 Å². The standard InChI is InChI=1S/C12H18N2O/c1-9(2)10-4-3-5-11(8-10)14-12(15)6-7-13/h3-5,8-9H,6-7,13H2,1-2H3,(H,14,15). The van der Waals surface area contributed by atoms with Crippen molar-refractivity contribution >= 4 is 11.6 Å². The molecule has 0 heterocycles. The smallest absolute Gasteiger partial charge is 0.225 e. The fraction of sp³-hybridized carbons (Fsp3) is 0.417. The second-order valence-corrected chi connectivity index (χ2v) is 3.87. The van der Waals surface area contributed by atoms with Crippen LogP contribution < -0.4 is 11.1 Å². The normalized spacial score (nSPS) is 10.4. The molecule has 3 N–H and O–H groups in total. The minimum Gasteiger partial charge on any atom is -0.330 e. The molecule has 0 spiro atoms. The molecule has 3 nitrogen and oxygen atoms in total. The Morgan fingerprint density at radius 2 is 2.20 bits per heavy atom. The Morgan fingerprint density at radius 3 is 2.80 bits per heavy atom. The number of hydrogen-bond acceptors (Lipinski definition) is 2. The molecule has 0 aromatic heterocycles. The number of nitrogens with one attached hydrogen (secondary N) is 1. The fourth-order valence-electron chi connectivity index (χ4n) is 1.33. The van der Waals surface area contributed by atoms with E-state index < -0.39 is 0 Å². The predicted octanol–water partition coefficient (Wildman–Crippen LogP) is 2.10. The maximum Gasteiger partial charge on any atom is 0.225 e. The van der Waals surface area contributed by atoms with Gasteiger partial charge in [-0.25, -0.2) is 0 Å². The van der Waals surface area contributed by atoms with Gasteiger partial charge < -0.3 is 11.1 Å². The molecule has 0 aliphatic heterocycles. The first kappa shape index (κ1) is 11.7. The molecule has 0 atom stereocenters.